The van der Waals surface area contributed by atoms with Crippen molar-refractivity contribution in [2.75, 3.05) is 32.0 Å². The quantitative estimate of drug-likeness (QED) is 0.594. The lowest BCUT2D eigenvalue weighted by Gasteiger charge is -2.38. The van der Waals surface area contributed by atoms with Crippen molar-refractivity contribution in [2.45, 2.75) is 25.0 Å². The fourth-order valence-corrected chi connectivity index (χ4v) is 4.95. The second-order valence-corrected chi connectivity index (χ2v) is 9.34. The number of thiazole rings is 1. The van der Waals surface area contributed by atoms with Gasteiger partial charge in [-0.3, -0.25) is 9.59 Å². The van der Waals surface area contributed by atoms with Crippen LogP contribution in [0.25, 0.3) is 22.0 Å². The van der Waals surface area contributed by atoms with Crippen LogP contribution in [0.5, 0.6) is 0 Å². The molecular weight excluding hydrogens is 440 g/mol. The van der Waals surface area contributed by atoms with Crippen LogP contribution >= 0.6 is 11.3 Å². The van der Waals surface area contributed by atoms with Crippen molar-refractivity contribution < 1.29 is 14.7 Å². The number of benzene rings is 1. The zero-order chi connectivity index (χ0) is 23.2. The molecular formula is C23H24N6O3S. The smallest absolute Gasteiger partial charge is 0.258 e. The average molecular weight is 465 g/mol. The van der Waals surface area contributed by atoms with E-state index in [4.69, 9.17) is 4.98 Å². The van der Waals surface area contributed by atoms with Crippen LogP contribution in [0.15, 0.2) is 41.9 Å². The number of likely N-dealkylation sites (N-methyl/N-ethyl adjacent to an activating group) is 1. The van der Waals surface area contributed by atoms with Gasteiger partial charge in [-0.25, -0.2) is 15.0 Å². The highest BCUT2D eigenvalue weighted by molar-refractivity contribution is 7.13. The van der Waals surface area contributed by atoms with Crippen LogP contribution in [0.1, 0.15) is 18.9 Å². The minimum atomic E-state index is -1.49. The zero-order valence-corrected chi connectivity index (χ0v) is 19.2. The molecule has 1 unspecified atom stereocenters. The van der Waals surface area contributed by atoms with Gasteiger partial charge < -0.3 is 20.2 Å². The number of carbonyl (C=O) groups is 2. The molecule has 10 heteroatoms. The molecule has 0 radical (unpaired) electrons. The highest BCUT2D eigenvalue weighted by Crippen LogP contribution is 2.36. The number of aromatic nitrogens is 3. The molecule has 170 valence electrons. The van der Waals surface area contributed by atoms with Crippen LogP contribution < -0.4 is 5.32 Å². The van der Waals surface area contributed by atoms with E-state index in [1.54, 1.807) is 42.1 Å². The summed E-state index contributed by atoms with van der Waals surface area (Å²) in [4.78, 5) is 40.7. The number of likely N-dealkylation sites (tertiary alicyclic amines) is 2. The van der Waals surface area contributed by atoms with Gasteiger partial charge in [0.25, 0.3) is 5.91 Å². The predicted molar refractivity (Wildman–Crippen MR) is 124 cm³/mol. The Morgan fingerprint density at radius 3 is 2.79 bits per heavy atom. The zero-order valence-electron chi connectivity index (χ0n) is 18.4. The average Bonchev–Trinajstić information content (AvgIpc) is 3.38. The van der Waals surface area contributed by atoms with E-state index in [2.05, 4.69) is 15.3 Å². The van der Waals surface area contributed by atoms with Crippen molar-refractivity contribution in [3.05, 3.63) is 47.5 Å². The number of carbonyl (C=O) groups excluding carboxylic acids is 2. The normalized spacial score (nSPS) is 20.8. The molecule has 1 atom stereocenters. The Kier molecular flexibility index (Phi) is 5.34. The standard InChI is InChI=1S/C23H24N6O3S/c1-14(30)29-11-17(12-29)25-22-24-8-6-18(27-22)19-13-33-20(26-19)15-4-3-5-16(10-15)23(32)7-9-28(2)21(23)31/h3-6,8,10,13,17,32H,7,9,11-12H2,1-2H3,(H,24,25,27). The molecule has 2 fully saturated rings. The maximum Gasteiger partial charge on any atom is 0.258 e. The summed E-state index contributed by atoms with van der Waals surface area (Å²) in [5.74, 6) is 0.292. The first-order valence-electron chi connectivity index (χ1n) is 10.7. The summed E-state index contributed by atoms with van der Waals surface area (Å²) in [5, 5.41) is 16.9. The van der Waals surface area contributed by atoms with Gasteiger partial charge in [-0.2, -0.15) is 0 Å². The van der Waals surface area contributed by atoms with Gasteiger partial charge in [0.05, 0.1) is 11.7 Å². The second-order valence-electron chi connectivity index (χ2n) is 8.49. The van der Waals surface area contributed by atoms with Gasteiger partial charge in [-0.1, -0.05) is 18.2 Å². The monoisotopic (exact) mass is 464 g/mol. The van der Waals surface area contributed by atoms with E-state index in [-0.39, 0.29) is 17.9 Å². The lowest BCUT2D eigenvalue weighted by molar-refractivity contribution is -0.143. The molecule has 5 rings (SSSR count). The molecule has 0 bridgehead atoms. The number of amides is 2. The molecule has 0 saturated carbocycles. The lowest BCUT2D eigenvalue weighted by atomic mass is 9.91. The highest BCUT2D eigenvalue weighted by Gasteiger charge is 2.45. The Labute approximate surface area is 195 Å². The third kappa shape index (κ3) is 3.96. The fraction of sp³-hybridized carbons (Fsp3) is 0.348. The van der Waals surface area contributed by atoms with Crippen LogP contribution in [0, 0.1) is 0 Å². The predicted octanol–water partition coefficient (Wildman–Crippen LogP) is 1.96. The van der Waals surface area contributed by atoms with Crippen molar-refractivity contribution in [1.82, 2.24) is 24.8 Å². The lowest BCUT2D eigenvalue weighted by Crippen LogP contribution is -2.56. The summed E-state index contributed by atoms with van der Waals surface area (Å²) < 4.78 is 0. The molecule has 33 heavy (non-hydrogen) atoms. The number of hydrogen-bond acceptors (Lipinski definition) is 8. The van der Waals surface area contributed by atoms with Gasteiger partial charge in [0, 0.05) is 57.2 Å². The summed E-state index contributed by atoms with van der Waals surface area (Å²) in [5.41, 5.74) is 1.35. The maximum absolute atomic E-state index is 12.5. The topological polar surface area (TPSA) is 112 Å². The number of aliphatic hydroxyl groups is 1. The molecule has 9 nitrogen and oxygen atoms in total. The summed E-state index contributed by atoms with van der Waals surface area (Å²) in [6, 6.07) is 9.32. The molecule has 2 amide bonds. The summed E-state index contributed by atoms with van der Waals surface area (Å²) >= 11 is 1.47. The van der Waals surface area contributed by atoms with Crippen molar-refractivity contribution in [2.24, 2.45) is 0 Å². The Hall–Kier alpha value is -3.37. The van der Waals surface area contributed by atoms with Crippen LogP contribution in [0.3, 0.4) is 0 Å². The van der Waals surface area contributed by atoms with E-state index in [1.165, 1.54) is 11.3 Å². The molecule has 1 aromatic carbocycles. The molecule has 2 N–H and O–H groups in total. The van der Waals surface area contributed by atoms with E-state index < -0.39 is 5.60 Å². The molecule has 2 aliphatic rings. The van der Waals surface area contributed by atoms with E-state index in [9.17, 15) is 14.7 Å². The van der Waals surface area contributed by atoms with Gasteiger partial charge in [0.1, 0.15) is 10.7 Å². The number of nitrogens with one attached hydrogen (secondary N) is 1. The highest BCUT2D eigenvalue weighted by atomic mass is 32.1. The largest absolute Gasteiger partial charge is 0.375 e. The fourth-order valence-electron chi connectivity index (χ4n) is 4.14. The molecule has 2 saturated heterocycles. The molecule has 4 heterocycles. The SMILES string of the molecule is CC(=O)N1CC(Nc2nccc(-c3csc(-c4cccc(C5(O)CCN(C)C5=O)c4)n3)n2)C1. The Morgan fingerprint density at radius 2 is 2.06 bits per heavy atom. The van der Waals surface area contributed by atoms with Crippen LogP contribution in [-0.4, -0.2) is 74.4 Å². The van der Waals surface area contributed by atoms with E-state index in [0.717, 1.165) is 16.3 Å². The molecule has 2 aliphatic heterocycles. The van der Waals surface area contributed by atoms with E-state index >= 15 is 0 Å². The van der Waals surface area contributed by atoms with Crippen LogP contribution in [-0.2, 0) is 15.2 Å². The molecule has 0 spiro atoms. The molecule has 3 aromatic rings. The Balaban J connectivity index is 1.34. The van der Waals surface area contributed by atoms with Crippen molar-refractivity contribution >= 4 is 29.1 Å². The summed E-state index contributed by atoms with van der Waals surface area (Å²) in [6.07, 6.45) is 2.06. The third-order valence-electron chi connectivity index (χ3n) is 6.18. The number of anilines is 1. The second kappa shape index (κ2) is 8.20. The Morgan fingerprint density at radius 1 is 1.24 bits per heavy atom. The van der Waals surface area contributed by atoms with Crippen molar-refractivity contribution in [3.8, 4) is 22.0 Å². The first-order valence-corrected chi connectivity index (χ1v) is 11.6. The van der Waals surface area contributed by atoms with Gasteiger partial charge in [0.15, 0.2) is 5.60 Å². The van der Waals surface area contributed by atoms with E-state index in [1.807, 2.05) is 23.6 Å². The van der Waals surface area contributed by atoms with Crippen molar-refractivity contribution in [3.63, 3.8) is 0 Å². The number of nitrogens with zero attached hydrogens (tertiary/aromatic N) is 5. The van der Waals surface area contributed by atoms with Gasteiger partial charge in [0.2, 0.25) is 11.9 Å². The molecule has 0 aliphatic carbocycles. The minimum Gasteiger partial charge on any atom is -0.375 e. The third-order valence-corrected chi connectivity index (χ3v) is 7.07. The van der Waals surface area contributed by atoms with Gasteiger partial charge >= 0.3 is 0 Å². The van der Waals surface area contributed by atoms with Crippen molar-refractivity contribution in [1.29, 1.82) is 0 Å². The molecule has 2 aromatic heterocycles. The number of hydrogen-bond donors (Lipinski definition) is 2. The Bertz CT molecular complexity index is 1220. The first-order chi connectivity index (χ1) is 15.8. The van der Waals surface area contributed by atoms with Gasteiger partial charge in [-0.15, -0.1) is 11.3 Å². The van der Waals surface area contributed by atoms with Crippen LogP contribution in [0.4, 0.5) is 5.95 Å². The van der Waals surface area contributed by atoms with Gasteiger partial charge in [-0.05, 0) is 17.7 Å². The summed E-state index contributed by atoms with van der Waals surface area (Å²) in [7, 11) is 1.70. The van der Waals surface area contributed by atoms with Crippen LogP contribution in [0.2, 0.25) is 0 Å². The maximum atomic E-state index is 12.5. The first kappa shape index (κ1) is 21.5. The number of rotatable bonds is 5. The van der Waals surface area contributed by atoms with E-state index in [0.29, 0.717) is 43.3 Å². The summed E-state index contributed by atoms with van der Waals surface area (Å²) in [6.45, 7) is 3.38. The minimum absolute atomic E-state index is 0.0678.